The van der Waals surface area contributed by atoms with Crippen LogP contribution < -0.4 is 0 Å². The third-order valence-electron chi connectivity index (χ3n) is 1.21. The van der Waals surface area contributed by atoms with E-state index in [0.717, 1.165) is 11.3 Å². The number of alkyl halides is 2. The molecule has 1 nitrogen and oxygen atoms in total. The molecule has 0 spiro atoms. The fourth-order valence-electron chi connectivity index (χ4n) is 0.681. The van der Waals surface area contributed by atoms with Crippen LogP contribution in [-0.2, 0) is 10.8 Å². The maximum absolute atomic E-state index is 11.2. The fraction of sp³-hybridized carbons (Fsp3) is 0.714. The van der Waals surface area contributed by atoms with E-state index in [4.69, 9.17) is 23.2 Å². The topological polar surface area (TPSA) is 17.1 Å². The first kappa shape index (κ1) is 11.5. The summed E-state index contributed by atoms with van der Waals surface area (Å²) in [5.41, 5.74) is 0. The Morgan fingerprint density at radius 1 is 1.55 bits per heavy atom. The lowest BCUT2D eigenvalue weighted by atomic mass is 10.4. The van der Waals surface area contributed by atoms with Crippen LogP contribution in [0, 0.1) is 0 Å². The van der Waals surface area contributed by atoms with E-state index in [1.54, 1.807) is 6.08 Å². The van der Waals surface area contributed by atoms with Crippen LogP contribution in [0.15, 0.2) is 11.0 Å². The summed E-state index contributed by atoms with van der Waals surface area (Å²) in [6.07, 6.45) is 2.39. The second kappa shape index (κ2) is 6.04. The zero-order valence-electron chi connectivity index (χ0n) is 6.64. The predicted molar refractivity (Wildman–Crippen MR) is 52.6 cm³/mol. The molecule has 0 bridgehead atoms. The molecule has 0 saturated carbocycles. The van der Waals surface area contributed by atoms with Gasteiger partial charge in [-0.15, -0.1) is 23.2 Å². The molecule has 0 aliphatic rings. The van der Waals surface area contributed by atoms with Gasteiger partial charge in [0.15, 0.2) is 0 Å². The van der Waals surface area contributed by atoms with Crippen molar-refractivity contribution < 1.29 is 4.21 Å². The zero-order chi connectivity index (χ0) is 8.85. The predicted octanol–water partition coefficient (Wildman–Crippen LogP) is 2.85. The van der Waals surface area contributed by atoms with Crippen LogP contribution in [0.2, 0.25) is 0 Å². The van der Waals surface area contributed by atoms with Gasteiger partial charge in [0.1, 0.15) is 4.84 Å². The molecular formula is C7H12Cl2OS. The Morgan fingerprint density at radius 2 is 2.09 bits per heavy atom. The summed E-state index contributed by atoms with van der Waals surface area (Å²) in [5, 5.41) is 0. The van der Waals surface area contributed by atoms with Gasteiger partial charge in [0, 0.05) is 21.5 Å². The van der Waals surface area contributed by atoms with Crippen molar-refractivity contribution >= 4 is 34.0 Å². The molecule has 0 radical (unpaired) electrons. The molecule has 0 aliphatic carbocycles. The van der Waals surface area contributed by atoms with E-state index >= 15 is 0 Å². The monoisotopic (exact) mass is 214 g/mol. The lowest BCUT2D eigenvalue weighted by Gasteiger charge is -2.01. The van der Waals surface area contributed by atoms with Crippen molar-refractivity contribution in [3.05, 3.63) is 11.0 Å². The third kappa shape index (κ3) is 4.83. The van der Waals surface area contributed by atoms with Gasteiger partial charge in [-0.1, -0.05) is 13.8 Å². The van der Waals surface area contributed by atoms with Crippen LogP contribution >= 0.6 is 23.2 Å². The highest BCUT2D eigenvalue weighted by Gasteiger charge is 2.04. The number of allylic oxidation sites excluding steroid dienone is 2. The number of hydrogen-bond acceptors (Lipinski definition) is 1. The second-order valence-electron chi connectivity index (χ2n) is 1.96. The highest BCUT2D eigenvalue weighted by Crippen LogP contribution is 2.13. The Kier molecular flexibility index (Phi) is 6.30. The van der Waals surface area contributed by atoms with Crippen LogP contribution in [0.5, 0.6) is 0 Å². The lowest BCUT2D eigenvalue weighted by molar-refractivity contribution is 0.686. The average molecular weight is 215 g/mol. The van der Waals surface area contributed by atoms with E-state index in [1.165, 1.54) is 0 Å². The van der Waals surface area contributed by atoms with Crippen LogP contribution in [0.1, 0.15) is 20.3 Å². The molecule has 1 atom stereocenters. The van der Waals surface area contributed by atoms with Crippen molar-refractivity contribution in [3.63, 3.8) is 0 Å². The van der Waals surface area contributed by atoms with Crippen LogP contribution in [0.3, 0.4) is 0 Å². The van der Waals surface area contributed by atoms with E-state index in [1.807, 2.05) is 13.8 Å². The first-order valence-corrected chi connectivity index (χ1v) is 5.68. The molecule has 0 fully saturated rings. The van der Waals surface area contributed by atoms with Gasteiger partial charge in [-0.05, 0) is 12.5 Å². The van der Waals surface area contributed by atoms with Gasteiger partial charge in [0.2, 0.25) is 0 Å². The van der Waals surface area contributed by atoms with Crippen molar-refractivity contribution in [2.24, 2.45) is 0 Å². The standard InChI is InChI=1S/C7H12Cl2OS/c1-3-6(5-7(8)9)11(10)4-2/h5,7H,3-4H2,1-2H3. The van der Waals surface area contributed by atoms with E-state index < -0.39 is 15.6 Å². The van der Waals surface area contributed by atoms with E-state index in [2.05, 4.69) is 0 Å². The van der Waals surface area contributed by atoms with Gasteiger partial charge < -0.3 is 0 Å². The van der Waals surface area contributed by atoms with Crippen LogP contribution in [0.4, 0.5) is 0 Å². The summed E-state index contributed by atoms with van der Waals surface area (Å²) in [5.74, 6) is 0.625. The van der Waals surface area contributed by atoms with Gasteiger partial charge >= 0.3 is 0 Å². The molecule has 0 N–H and O–H groups in total. The summed E-state index contributed by atoms with van der Waals surface area (Å²) in [7, 11) is -0.893. The van der Waals surface area contributed by atoms with Gasteiger partial charge in [-0.25, -0.2) is 0 Å². The van der Waals surface area contributed by atoms with Crippen molar-refractivity contribution in [2.45, 2.75) is 25.1 Å². The minimum absolute atomic E-state index is 0.541. The minimum Gasteiger partial charge on any atom is -0.255 e. The molecule has 0 aliphatic heterocycles. The fourth-order valence-corrected chi connectivity index (χ4v) is 2.11. The largest absolute Gasteiger partial charge is 0.255 e. The second-order valence-corrected chi connectivity index (χ2v) is 4.91. The summed E-state index contributed by atoms with van der Waals surface area (Å²) in [6, 6.07) is 0. The number of rotatable bonds is 4. The first-order valence-electron chi connectivity index (χ1n) is 3.49. The molecule has 11 heavy (non-hydrogen) atoms. The maximum atomic E-state index is 11.2. The Morgan fingerprint density at radius 3 is 2.36 bits per heavy atom. The smallest absolute Gasteiger partial charge is 0.127 e. The van der Waals surface area contributed by atoms with Gasteiger partial charge in [0.05, 0.1) is 0 Å². The number of hydrogen-bond donors (Lipinski definition) is 0. The molecule has 4 heteroatoms. The normalized spacial score (nSPS) is 15.5. The Balaban J connectivity index is 4.27. The summed E-state index contributed by atoms with van der Waals surface area (Å²) in [6.45, 7) is 3.81. The van der Waals surface area contributed by atoms with Gasteiger partial charge in [-0.2, -0.15) is 0 Å². The molecule has 0 saturated heterocycles. The zero-order valence-corrected chi connectivity index (χ0v) is 8.97. The molecule has 1 unspecified atom stereocenters. The van der Waals surface area contributed by atoms with Crippen LogP contribution in [-0.4, -0.2) is 14.8 Å². The Hall–Kier alpha value is 0.470. The molecular weight excluding hydrogens is 203 g/mol. The summed E-state index contributed by atoms with van der Waals surface area (Å²) < 4.78 is 11.2. The minimum atomic E-state index is -0.893. The van der Waals surface area contributed by atoms with Gasteiger partial charge in [0.25, 0.3) is 0 Å². The number of halogens is 2. The Labute approximate surface area is 80.2 Å². The Bertz CT molecular complexity index is 166. The van der Waals surface area contributed by atoms with Crippen molar-refractivity contribution in [1.29, 1.82) is 0 Å². The highest BCUT2D eigenvalue weighted by atomic mass is 35.5. The van der Waals surface area contributed by atoms with Gasteiger partial charge in [-0.3, -0.25) is 4.21 Å². The van der Waals surface area contributed by atoms with E-state index in [0.29, 0.717) is 5.75 Å². The molecule has 66 valence electrons. The molecule has 0 aromatic rings. The first-order chi connectivity index (χ1) is 5.11. The molecule has 0 heterocycles. The maximum Gasteiger partial charge on any atom is 0.127 e. The quantitative estimate of drug-likeness (QED) is 0.659. The average Bonchev–Trinajstić information content (AvgIpc) is 1.98. The lowest BCUT2D eigenvalue weighted by Crippen LogP contribution is -1.98. The molecule has 0 aromatic carbocycles. The van der Waals surface area contributed by atoms with Crippen molar-refractivity contribution in [2.75, 3.05) is 5.75 Å². The van der Waals surface area contributed by atoms with Crippen molar-refractivity contribution in [3.8, 4) is 0 Å². The SMILES string of the molecule is CCC(=CC(Cl)Cl)S(=O)CC. The summed E-state index contributed by atoms with van der Waals surface area (Å²) >= 11 is 11.0. The highest BCUT2D eigenvalue weighted by molar-refractivity contribution is 7.88. The van der Waals surface area contributed by atoms with Crippen LogP contribution in [0.25, 0.3) is 0 Å². The van der Waals surface area contributed by atoms with Crippen molar-refractivity contribution in [1.82, 2.24) is 0 Å². The molecule has 0 amide bonds. The van der Waals surface area contributed by atoms with E-state index in [-0.39, 0.29) is 0 Å². The summed E-state index contributed by atoms with van der Waals surface area (Å²) in [4.78, 5) is 0.294. The third-order valence-corrected chi connectivity index (χ3v) is 3.00. The molecule has 0 aromatic heterocycles. The molecule has 0 rings (SSSR count). The van der Waals surface area contributed by atoms with E-state index in [9.17, 15) is 4.21 Å².